The summed E-state index contributed by atoms with van der Waals surface area (Å²) in [6, 6.07) is 4.04. The maximum absolute atomic E-state index is 11.8. The molecule has 0 aliphatic carbocycles. The number of hydrogen-bond acceptors (Lipinski definition) is 7. The molecule has 0 unspecified atom stereocenters. The minimum atomic E-state index is -0.174. The highest BCUT2D eigenvalue weighted by atomic mass is 16.1. The second kappa shape index (κ2) is 4.79. The second-order valence-corrected chi connectivity index (χ2v) is 5.24. The summed E-state index contributed by atoms with van der Waals surface area (Å²) in [5, 5.41) is 12.2. The van der Waals surface area contributed by atoms with Gasteiger partial charge in [-0.2, -0.15) is 4.52 Å². The van der Waals surface area contributed by atoms with Crippen molar-refractivity contribution in [1.82, 2.24) is 29.8 Å². The number of fused-ring (bicyclic) bond motifs is 1. The Kier molecular flexibility index (Phi) is 2.78. The molecular weight excluding hydrogens is 284 g/mol. The van der Waals surface area contributed by atoms with E-state index in [2.05, 4.69) is 30.2 Å². The van der Waals surface area contributed by atoms with Gasteiger partial charge < -0.3 is 14.8 Å². The highest BCUT2D eigenvalue weighted by molar-refractivity contribution is 5.49. The third-order valence-corrected chi connectivity index (χ3v) is 3.90. The van der Waals surface area contributed by atoms with Gasteiger partial charge in [-0.15, -0.1) is 15.3 Å². The summed E-state index contributed by atoms with van der Waals surface area (Å²) < 4.78 is 1.65. The number of nitrogens with zero attached hydrogens (tertiary/aromatic N) is 7. The van der Waals surface area contributed by atoms with Crippen molar-refractivity contribution in [3.05, 3.63) is 41.2 Å². The first-order valence-corrected chi connectivity index (χ1v) is 6.91. The topological polar surface area (TPSA) is 95.3 Å². The molecule has 1 saturated heterocycles. The van der Waals surface area contributed by atoms with Crippen LogP contribution in [-0.2, 0) is 0 Å². The molecule has 9 heteroatoms. The van der Waals surface area contributed by atoms with Crippen molar-refractivity contribution in [2.75, 3.05) is 29.9 Å². The summed E-state index contributed by atoms with van der Waals surface area (Å²) >= 11 is 0. The molecule has 3 aromatic rings. The molecule has 112 valence electrons. The monoisotopic (exact) mass is 298 g/mol. The third-order valence-electron chi connectivity index (χ3n) is 3.90. The van der Waals surface area contributed by atoms with Crippen LogP contribution >= 0.6 is 0 Å². The Morgan fingerprint density at radius 1 is 1.36 bits per heavy atom. The fourth-order valence-corrected chi connectivity index (χ4v) is 2.54. The van der Waals surface area contributed by atoms with Gasteiger partial charge in [0.2, 0.25) is 0 Å². The number of nitrogens with one attached hydrogen (secondary N) is 1. The molecule has 0 atom stereocenters. The lowest BCUT2D eigenvalue weighted by atomic mass is 10.1. The minimum absolute atomic E-state index is 0.174. The molecule has 3 aromatic heterocycles. The summed E-state index contributed by atoms with van der Waals surface area (Å²) in [6.07, 6.45) is 4.70. The van der Waals surface area contributed by atoms with E-state index in [0.717, 1.165) is 24.6 Å². The van der Waals surface area contributed by atoms with Crippen LogP contribution in [0.25, 0.3) is 5.65 Å². The van der Waals surface area contributed by atoms with E-state index in [9.17, 15) is 4.79 Å². The van der Waals surface area contributed by atoms with Crippen molar-refractivity contribution >= 4 is 17.3 Å². The molecule has 9 nitrogen and oxygen atoms in total. The summed E-state index contributed by atoms with van der Waals surface area (Å²) in [5.74, 6) is 1.31. The Bertz CT molecular complexity index is 865. The molecule has 1 aliphatic rings. The predicted molar refractivity (Wildman–Crippen MR) is 80.0 cm³/mol. The molecule has 0 saturated carbocycles. The molecule has 1 N–H and O–H groups in total. The lowest BCUT2D eigenvalue weighted by Crippen LogP contribution is -2.60. The van der Waals surface area contributed by atoms with E-state index in [0.29, 0.717) is 5.82 Å². The summed E-state index contributed by atoms with van der Waals surface area (Å²) in [5.41, 5.74) is 0.547. The molecule has 0 spiro atoms. The molecular formula is C13H14N8O. The zero-order valence-corrected chi connectivity index (χ0v) is 11.9. The first-order valence-electron chi connectivity index (χ1n) is 6.91. The average molecular weight is 298 g/mol. The van der Waals surface area contributed by atoms with Gasteiger partial charge in [0.1, 0.15) is 12.1 Å². The van der Waals surface area contributed by atoms with Crippen LogP contribution in [0.2, 0.25) is 0 Å². The average Bonchev–Trinajstić information content (AvgIpc) is 2.93. The standard InChI is InChI=1S/C13H14N8O/c1-19(12-13(22)15-5-4-14-12)9-6-20(7-9)11-3-2-10-17-16-8-21(10)18-11/h2-5,8-9H,6-7H2,1H3,(H,15,22). The van der Waals surface area contributed by atoms with Crippen molar-refractivity contribution in [2.24, 2.45) is 0 Å². The Morgan fingerprint density at radius 3 is 3.05 bits per heavy atom. The van der Waals surface area contributed by atoms with E-state index in [1.165, 1.54) is 6.20 Å². The van der Waals surface area contributed by atoms with Gasteiger partial charge in [0, 0.05) is 32.5 Å². The Labute approximate surface area is 125 Å². The van der Waals surface area contributed by atoms with E-state index < -0.39 is 0 Å². The maximum Gasteiger partial charge on any atom is 0.290 e. The van der Waals surface area contributed by atoms with Gasteiger partial charge >= 0.3 is 0 Å². The molecule has 0 radical (unpaired) electrons. The Morgan fingerprint density at radius 2 is 2.23 bits per heavy atom. The van der Waals surface area contributed by atoms with Crippen LogP contribution in [0, 0.1) is 0 Å². The summed E-state index contributed by atoms with van der Waals surface area (Å²) in [6.45, 7) is 1.57. The Hall–Kier alpha value is -2.97. The minimum Gasteiger partial charge on any atom is -0.351 e. The quantitative estimate of drug-likeness (QED) is 0.698. The number of hydrogen-bond donors (Lipinski definition) is 1. The van der Waals surface area contributed by atoms with Crippen LogP contribution in [0.5, 0.6) is 0 Å². The third kappa shape index (κ3) is 1.98. The van der Waals surface area contributed by atoms with Crippen LogP contribution in [-0.4, -0.2) is 56.0 Å². The largest absolute Gasteiger partial charge is 0.351 e. The second-order valence-electron chi connectivity index (χ2n) is 5.24. The van der Waals surface area contributed by atoms with Gasteiger partial charge in [-0.25, -0.2) is 4.98 Å². The molecule has 4 rings (SSSR count). The van der Waals surface area contributed by atoms with Crippen molar-refractivity contribution in [3.8, 4) is 0 Å². The van der Waals surface area contributed by atoms with Crippen LogP contribution in [0.15, 0.2) is 35.6 Å². The lowest BCUT2D eigenvalue weighted by Gasteiger charge is -2.44. The molecule has 22 heavy (non-hydrogen) atoms. The summed E-state index contributed by atoms with van der Waals surface area (Å²) in [7, 11) is 1.88. The molecule has 0 aromatic carbocycles. The van der Waals surface area contributed by atoms with Gasteiger partial charge in [0.15, 0.2) is 11.5 Å². The van der Waals surface area contributed by atoms with E-state index in [-0.39, 0.29) is 11.6 Å². The highest BCUT2D eigenvalue weighted by Crippen LogP contribution is 2.22. The van der Waals surface area contributed by atoms with E-state index in [1.807, 2.05) is 24.1 Å². The van der Waals surface area contributed by atoms with Crippen molar-refractivity contribution in [1.29, 1.82) is 0 Å². The van der Waals surface area contributed by atoms with Gasteiger partial charge in [-0.1, -0.05) is 0 Å². The zero-order chi connectivity index (χ0) is 15.1. The van der Waals surface area contributed by atoms with Gasteiger partial charge in [-0.05, 0) is 12.1 Å². The van der Waals surface area contributed by atoms with E-state index in [1.54, 1.807) is 17.0 Å². The fraction of sp³-hybridized carbons (Fsp3) is 0.308. The number of anilines is 2. The van der Waals surface area contributed by atoms with Crippen LogP contribution < -0.4 is 15.4 Å². The van der Waals surface area contributed by atoms with E-state index in [4.69, 9.17) is 0 Å². The van der Waals surface area contributed by atoms with E-state index >= 15 is 0 Å². The van der Waals surface area contributed by atoms with Crippen LogP contribution in [0.1, 0.15) is 0 Å². The van der Waals surface area contributed by atoms with Crippen molar-refractivity contribution < 1.29 is 0 Å². The molecule has 1 fully saturated rings. The number of aromatic nitrogens is 6. The Balaban J connectivity index is 1.49. The number of likely N-dealkylation sites (N-methyl/N-ethyl adjacent to an activating group) is 1. The smallest absolute Gasteiger partial charge is 0.290 e. The van der Waals surface area contributed by atoms with Crippen molar-refractivity contribution in [2.45, 2.75) is 6.04 Å². The normalized spacial score (nSPS) is 15.0. The maximum atomic E-state index is 11.8. The lowest BCUT2D eigenvalue weighted by molar-refractivity contribution is 0.486. The van der Waals surface area contributed by atoms with Gasteiger partial charge in [0.05, 0.1) is 6.04 Å². The van der Waals surface area contributed by atoms with Crippen molar-refractivity contribution in [3.63, 3.8) is 0 Å². The molecule has 4 heterocycles. The molecule has 0 bridgehead atoms. The number of rotatable bonds is 3. The molecule has 1 aliphatic heterocycles. The predicted octanol–water partition coefficient (Wildman–Crippen LogP) is -0.467. The van der Waals surface area contributed by atoms with Gasteiger partial charge in [-0.3, -0.25) is 4.79 Å². The SMILES string of the molecule is CN(c1ncc[nH]c1=O)C1CN(c2ccc3nncn3n2)C1. The highest BCUT2D eigenvalue weighted by Gasteiger charge is 2.32. The number of H-pyrrole nitrogens is 1. The van der Waals surface area contributed by atoms with Gasteiger partial charge in [0.25, 0.3) is 5.56 Å². The van der Waals surface area contributed by atoms with Crippen LogP contribution in [0.3, 0.4) is 0 Å². The zero-order valence-electron chi connectivity index (χ0n) is 11.9. The van der Waals surface area contributed by atoms with Crippen LogP contribution in [0.4, 0.5) is 11.6 Å². The first-order chi connectivity index (χ1) is 10.7. The summed E-state index contributed by atoms with van der Waals surface area (Å²) in [4.78, 5) is 22.6. The number of aromatic amines is 1. The fourth-order valence-electron chi connectivity index (χ4n) is 2.54. The molecule has 0 amide bonds. The first kappa shape index (κ1) is 12.7.